The van der Waals surface area contributed by atoms with Crippen molar-refractivity contribution in [1.82, 2.24) is 15.6 Å². The molecule has 0 fully saturated rings. The van der Waals surface area contributed by atoms with E-state index in [1.165, 1.54) is 6.20 Å². The second-order valence-corrected chi connectivity index (χ2v) is 3.54. The van der Waals surface area contributed by atoms with E-state index in [1.807, 2.05) is 0 Å². The molecule has 96 valence electrons. The predicted molar refractivity (Wildman–Crippen MR) is 62.0 cm³/mol. The Balaban J connectivity index is 2.39. The highest BCUT2D eigenvalue weighted by Gasteiger charge is 2.08. The van der Waals surface area contributed by atoms with Crippen molar-refractivity contribution < 1.29 is 19.5 Å². The molecule has 0 aromatic carbocycles. The van der Waals surface area contributed by atoms with Crippen LogP contribution in [0.1, 0.15) is 16.1 Å². The summed E-state index contributed by atoms with van der Waals surface area (Å²) in [6.45, 7) is 1.04. The lowest BCUT2D eigenvalue weighted by molar-refractivity contribution is -0.137. The quantitative estimate of drug-likeness (QED) is 0.642. The van der Waals surface area contributed by atoms with Crippen LogP contribution in [0.2, 0.25) is 0 Å². The van der Waals surface area contributed by atoms with E-state index in [1.54, 1.807) is 19.1 Å². The molecule has 1 aromatic rings. The topological polar surface area (TPSA) is 108 Å². The second-order valence-electron chi connectivity index (χ2n) is 3.54. The number of aromatic nitrogens is 1. The smallest absolute Gasteiger partial charge is 0.322 e. The summed E-state index contributed by atoms with van der Waals surface area (Å²) in [5, 5.41) is 12.8. The molecule has 7 heteroatoms. The van der Waals surface area contributed by atoms with Crippen molar-refractivity contribution in [2.24, 2.45) is 0 Å². The fourth-order valence-electron chi connectivity index (χ4n) is 1.10. The molecule has 1 rings (SSSR count). The Morgan fingerprint density at radius 3 is 2.50 bits per heavy atom. The summed E-state index contributed by atoms with van der Waals surface area (Å²) in [6.07, 6.45) is 1.40. The van der Waals surface area contributed by atoms with E-state index in [4.69, 9.17) is 5.11 Å². The van der Waals surface area contributed by atoms with Crippen LogP contribution in [0.5, 0.6) is 0 Å². The fraction of sp³-hybridized carbons (Fsp3) is 0.273. The minimum absolute atomic E-state index is 0.278. The standard InChI is InChI=1S/C11H13N3O4/c1-7-2-3-8(4-12-7)11(18)14-5-9(15)13-6-10(16)17/h2-4H,5-6H2,1H3,(H,13,15)(H,14,18)(H,16,17). The van der Waals surface area contributed by atoms with Gasteiger partial charge in [-0.1, -0.05) is 0 Å². The molecule has 0 spiro atoms. The van der Waals surface area contributed by atoms with Gasteiger partial charge >= 0.3 is 5.97 Å². The number of aliphatic carboxylic acids is 1. The average Bonchev–Trinajstić information content (AvgIpc) is 2.34. The largest absolute Gasteiger partial charge is 0.480 e. The first-order valence-electron chi connectivity index (χ1n) is 5.18. The molecule has 2 amide bonds. The molecule has 0 saturated carbocycles. The first-order valence-corrected chi connectivity index (χ1v) is 5.18. The molecule has 0 radical (unpaired) electrons. The number of pyridine rings is 1. The molecule has 3 N–H and O–H groups in total. The summed E-state index contributed by atoms with van der Waals surface area (Å²) in [5.41, 5.74) is 1.12. The molecule has 0 atom stereocenters. The minimum Gasteiger partial charge on any atom is -0.480 e. The van der Waals surface area contributed by atoms with Gasteiger partial charge in [-0.2, -0.15) is 0 Å². The molecule has 0 aliphatic carbocycles. The molecule has 0 saturated heterocycles. The molecule has 0 unspecified atom stereocenters. The zero-order valence-electron chi connectivity index (χ0n) is 9.77. The third kappa shape index (κ3) is 4.60. The van der Waals surface area contributed by atoms with Gasteiger partial charge in [-0.25, -0.2) is 0 Å². The third-order valence-electron chi connectivity index (χ3n) is 2.02. The van der Waals surface area contributed by atoms with Gasteiger partial charge in [-0.15, -0.1) is 0 Å². The summed E-state index contributed by atoms with van der Waals surface area (Å²) >= 11 is 0. The van der Waals surface area contributed by atoms with Crippen LogP contribution in [0.25, 0.3) is 0 Å². The highest BCUT2D eigenvalue weighted by molar-refractivity contribution is 5.96. The number of carbonyl (C=O) groups is 3. The van der Waals surface area contributed by atoms with Crippen LogP contribution in [0.15, 0.2) is 18.3 Å². The van der Waals surface area contributed by atoms with Gasteiger partial charge in [0.2, 0.25) is 5.91 Å². The summed E-state index contributed by atoms with van der Waals surface area (Å²) in [4.78, 5) is 36.8. The van der Waals surface area contributed by atoms with E-state index in [9.17, 15) is 14.4 Å². The van der Waals surface area contributed by atoms with E-state index < -0.39 is 24.3 Å². The van der Waals surface area contributed by atoms with Gasteiger partial charge < -0.3 is 15.7 Å². The summed E-state index contributed by atoms with van der Waals surface area (Å²) in [5.74, 6) is -2.14. The minimum atomic E-state index is -1.14. The molecule has 1 aromatic heterocycles. The predicted octanol–water partition coefficient (Wildman–Crippen LogP) is -0.679. The van der Waals surface area contributed by atoms with Crippen LogP contribution in [-0.4, -0.2) is 41.0 Å². The number of hydrogen-bond acceptors (Lipinski definition) is 4. The summed E-state index contributed by atoms with van der Waals surface area (Å²) in [6, 6.07) is 3.27. The number of amides is 2. The highest BCUT2D eigenvalue weighted by Crippen LogP contribution is 1.98. The van der Waals surface area contributed by atoms with E-state index in [0.29, 0.717) is 5.56 Å². The lowest BCUT2D eigenvalue weighted by atomic mass is 10.2. The van der Waals surface area contributed by atoms with Crippen LogP contribution < -0.4 is 10.6 Å². The molecular weight excluding hydrogens is 238 g/mol. The Bertz CT molecular complexity index is 456. The lowest BCUT2D eigenvalue weighted by Gasteiger charge is -2.05. The number of hydrogen-bond donors (Lipinski definition) is 3. The van der Waals surface area contributed by atoms with Crippen LogP contribution >= 0.6 is 0 Å². The maximum Gasteiger partial charge on any atom is 0.322 e. The molecular formula is C11H13N3O4. The lowest BCUT2D eigenvalue weighted by Crippen LogP contribution is -2.39. The Kier molecular flexibility index (Phi) is 4.79. The maximum atomic E-state index is 11.6. The summed E-state index contributed by atoms with van der Waals surface area (Å²) < 4.78 is 0. The monoisotopic (exact) mass is 251 g/mol. The van der Waals surface area contributed by atoms with Crippen LogP contribution in [0.4, 0.5) is 0 Å². The number of carboxylic acid groups (broad SMARTS) is 1. The zero-order valence-corrected chi connectivity index (χ0v) is 9.77. The molecule has 0 bridgehead atoms. The molecule has 0 aliphatic rings. The normalized spacial score (nSPS) is 9.61. The van der Waals surface area contributed by atoms with E-state index in [2.05, 4.69) is 15.6 Å². The van der Waals surface area contributed by atoms with Crippen LogP contribution in [-0.2, 0) is 9.59 Å². The van der Waals surface area contributed by atoms with Gasteiger partial charge in [-0.05, 0) is 19.1 Å². The van der Waals surface area contributed by atoms with Crippen molar-refractivity contribution >= 4 is 17.8 Å². The second kappa shape index (κ2) is 6.33. The molecule has 1 heterocycles. The highest BCUT2D eigenvalue weighted by atomic mass is 16.4. The van der Waals surface area contributed by atoms with Crippen LogP contribution in [0, 0.1) is 6.92 Å². The number of carbonyl (C=O) groups excluding carboxylic acids is 2. The van der Waals surface area contributed by atoms with E-state index in [-0.39, 0.29) is 6.54 Å². The SMILES string of the molecule is Cc1ccc(C(=O)NCC(=O)NCC(=O)O)cn1. The number of carboxylic acids is 1. The van der Waals surface area contributed by atoms with Crippen molar-refractivity contribution in [3.05, 3.63) is 29.6 Å². The first kappa shape index (κ1) is 13.6. The number of rotatable bonds is 5. The number of aryl methyl sites for hydroxylation is 1. The van der Waals surface area contributed by atoms with E-state index in [0.717, 1.165) is 5.69 Å². The van der Waals surface area contributed by atoms with Gasteiger partial charge in [0, 0.05) is 11.9 Å². The van der Waals surface area contributed by atoms with Crippen molar-refractivity contribution in [2.45, 2.75) is 6.92 Å². The van der Waals surface area contributed by atoms with Gasteiger partial charge in [0.15, 0.2) is 0 Å². The molecule has 7 nitrogen and oxygen atoms in total. The third-order valence-corrected chi connectivity index (χ3v) is 2.02. The van der Waals surface area contributed by atoms with Crippen molar-refractivity contribution in [1.29, 1.82) is 0 Å². The Hall–Kier alpha value is -2.44. The van der Waals surface area contributed by atoms with E-state index >= 15 is 0 Å². The van der Waals surface area contributed by atoms with Crippen LogP contribution in [0.3, 0.4) is 0 Å². The number of nitrogens with one attached hydrogen (secondary N) is 2. The Morgan fingerprint density at radius 1 is 1.22 bits per heavy atom. The average molecular weight is 251 g/mol. The Labute approximate surface area is 103 Å². The molecule has 18 heavy (non-hydrogen) atoms. The van der Waals surface area contributed by atoms with Crippen molar-refractivity contribution in [3.8, 4) is 0 Å². The van der Waals surface area contributed by atoms with Gasteiger partial charge in [0.05, 0.1) is 12.1 Å². The summed E-state index contributed by atoms with van der Waals surface area (Å²) in [7, 11) is 0. The van der Waals surface area contributed by atoms with Crippen molar-refractivity contribution in [3.63, 3.8) is 0 Å². The first-order chi connectivity index (χ1) is 8.49. The van der Waals surface area contributed by atoms with Gasteiger partial charge in [-0.3, -0.25) is 19.4 Å². The fourth-order valence-corrected chi connectivity index (χ4v) is 1.10. The van der Waals surface area contributed by atoms with Crippen molar-refractivity contribution in [2.75, 3.05) is 13.1 Å². The number of nitrogens with zero attached hydrogens (tertiary/aromatic N) is 1. The molecule has 0 aliphatic heterocycles. The van der Waals surface area contributed by atoms with Gasteiger partial charge in [0.25, 0.3) is 5.91 Å². The zero-order chi connectivity index (χ0) is 13.5. The Morgan fingerprint density at radius 2 is 1.94 bits per heavy atom. The van der Waals surface area contributed by atoms with Gasteiger partial charge in [0.1, 0.15) is 6.54 Å². The maximum absolute atomic E-state index is 11.6.